The zero-order valence-electron chi connectivity index (χ0n) is 17.2. The zero-order chi connectivity index (χ0) is 21.0. The summed E-state index contributed by atoms with van der Waals surface area (Å²) < 4.78 is 5.15. The predicted molar refractivity (Wildman–Crippen MR) is 115 cm³/mol. The van der Waals surface area contributed by atoms with Crippen LogP contribution in [0.3, 0.4) is 0 Å². The average Bonchev–Trinajstić information content (AvgIpc) is 3.33. The van der Waals surface area contributed by atoms with Gasteiger partial charge in [0.15, 0.2) is 0 Å². The second kappa shape index (κ2) is 9.09. The summed E-state index contributed by atoms with van der Waals surface area (Å²) in [6, 6.07) is 11.9. The standard InChI is InChI=1S/C23H26N2O3S/c1-5-28-23(27)21-16(3)19(17(4)24-21)14-25(22(26)20-7-6-12-29-20)13-18-10-8-15(2)9-11-18/h6-12,24H,5,13-14H2,1-4H3. The number of aromatic nitrogens is 1. The molecule has 1 amide bonds. The van der Waals surface area contributed by atoms with Crippen molar-refractivity contribution in [2.24, 2.45) is 0 Å². The molecule has 2 heterocycles. The van der Waals surface area contributed by atoms with Gasteiger partial charge in [0.05, 0.1) is 11.5 Å². The minimum atomic E-state index is -0.367. The van der Waals surface area contributed by atoms with E-state index in [0.717, 1.165) is 22.4 Å². The molecule has 0 bridgehead atoms. The highest BCUT2D eigenvalue weighted by atomic mass is 32.1. The number of H-pyrrole nitrogens is 1. The summed E-state index contributed by atoms with van der Waals surface area (Å²) in [5.41, 5.74) is 5.36. The minimum absolute atomic E-state index is 0.0155. The Balaban J connectivity index is 1.91. The molecular formula is C23H26N2O3S. The van der Waals surface area contributed by atoms with Crippen molar-refractivity contribution in [1.82, 2.24) is 9.88 Å². The van der Waals surface area contributed by atoms with Crippen LogP contribution in [0, 0.1) is 20.8 Å². The van der Waals surface area contributed by atoms with E-state index in [0.29, 0.717) is 30.3 Å². The summed E-state index contributed by atoms with van der Waals surface area (Å²) in [6.45, 7) is 8.88. The molecule has 1 aromatic carbocycles. The molecule has 152 valence electrons. The first kappa shape index (κ1) is 20.9. The third-order valence-electron chi connectivity index (χ3n) is 4.93. The number of aryl methyl sites for hydroxylation is 2. The molecule has 3 aromatic rings. The quantitative estimate of drug-likeness (QED) is 0.556. The topological polar surface area (TPSA) is 62.4 Å². The molecule has 29 heavy (non-hydrogen) atoms. The summed E-state index contributed by atoms with van der Waals surface area (Å²) in [4.78, 5) is 31.1. The Bertz CT molecular complexity index is 988. The first-order valence-electron chi connectivity index (χ1n) is 9.64. The molecule has 6 heteroatoms. The lowest BCUT2D eigenvalue weighted by Gasteiger charge is -2.23. The van der Waals surface area contributed by atoms with Crippen molar-refractivity contribution in [3.05, 3.63) is 80.3 Å². The third-order valence-corrected chi connectivity index (χ3v) is 5.79. The number of esters is 1. The van der Waals surface area contributed by atoms with E-state index in [1.807, 2.05) is 55.3 Å². The monoisotopic (exact) mass is 410 g/mol. The fourth-order valence-corrected chi connectivity index (χ4v) is 3.98. The number of thiophene rings is 1. The van der Waals surface area contributed by atoms with E-state index in [2.05, 4.69) is 17.1 Å². The number of ether oxygens (including phenoxy) is 1. The molecule has 2 aromatic heterocycles. The van der Waals surface area contributed by atoms with Crippen molar-refractivity contribution in [2.45, 2.75) is 40.8 Å². The molecule has 0 aliphatic carbocycles. The van der Waals surface area contributed by atoms with Gasteiger partial charge in [0.25, 0.3) is 5.91 Å². The van der Waals surface area contributed by atoms with Crippen molar-refractivity contribution in [3.8, 4) is 0 Å². The molecule has 0 fully saturated rings. The molecule has 1 N–H and O–H groups in total. The molecule has 0 atom stereocenters. The van der Waals surface area contributed by atoms with Crippen molar-refractivity contribution >= 4 is 23.2 Å². The number of benzene rings is 1. The second-order valence-corrected chi connectivity index (χ2v) is 8.02. The summed E-state index contributed by atoms with van der Waals surface area (Å²) in [6.07, 6.45) is 0. The third kappa shape index (κ3) is 4.77. The van der Waals surface area contributed by atoms with Crippen molar-refractivity contribution in [1.29, 1.82) is 0 Å². The number of aromatic amines is 1. The Hall–Kier alpha value is -2.86. The van der Waals surface area contributed by atoms with Crippen molar-refractivity contribution in [3.63, 3.8) is 0 Å². The number of carbonyl (C=O) groups excluding carboxylic acids is 2. The molecule has 0 aliphatic rings. The summed E-state index contributed by atoms with van der Waals surface area (Å²) in [7, 11) is 0. The van der Waals surface area contributed by atoms with Crippen LogP contribution < -0.4 is 0 Å². The van der Waals surface area contributed by atoms with Crippen LogP contribution in [0.1, 0.15) is 55.0 Å². The summed E-state index contributed by atoms with van der Waals surface area (Å²) in [5, 5.41) is 1.91. The van der Waals surface area contributed by atoms with Gasteiger partial charge in [-0.1, -0.05) is 35.9 Å². The summed E-state index contributed by atoms with van der Waals surface area (Å²) >= 11 is 1.43. The largest absolute Gasteiger partial charge is 0.461 e. The number of nitrogens with one attached hydrogen (secondary N) is 1. The van der Waals surface area contributed by atoms with E-state index in [1.54, 1.807) is 6.92 Å². The van der Waals surface area contributed by atoms with Crippen molar-refractivity contribution in [2.75, 3.05) is 6.61 Å². The Morgan fingerprint density at radius 3 is 2.41 bits per heavy atom. The summed E-state index contributed by atoms with van der Waals surface area (Å²) in [5.74, 6) is -0.382. The van der Waals surface area contributed by atoms with E-state index in [-0.39, 0.29) is 11.9 Å². The van der Waals surface area contributed by atoms with Crippen LogP contribution in [-0.4, -0.2) is 28.4 Å². The zero-order valence-corrected chi connectivity index (χ0v) is 18.1. The Labute approximate surface area is 175 Å². The smallest absolute Gasteiger partial charge is 0.355 e. The van der Waals surface area contributed by atoms with Gasteiger partial charge in [-0.25, -0.2) is 4.79 Å². The number of rotatable bonds is 7. The van der Waals surface area contributed by atoms with Gasteiger partial charge in [-0.05, 0) is 55.8 Å². The van der Waals surface area contributed by atoms with Crippen LogP contribution in [0.15, 0.2) is 41.8 Å². The van der Waals surface area contributed by atoms with Gasteiger partial charge in [-0.2, -0.15) is 0 Å². The van der Waals surface area contributed by atoms with Crippen LogP contribution in [0.5, 0.6) is 0 Å². The first-order chi connectivity index (χ1) is 13.9. The highest BCUT2D eigenvalue weighted by Crippen LogP contribution is 2.24. The molecular weight excluding hydrogens is 384 g/mol. The van der Waals surface area contributed by atoms with E-state index in [1.165, 1.54) is 16.9 Å². The Morgan fingerprint density at radius 2 is 1.79 bits per heavy atom. The second-order valence-electron chi connectivity index (χ2n) is 7.07. The number of hydrogen-bond acceptors (Lipinski definition) is 4. The fourth-order valence-electron chi connectivity index (χ4n) is 3.29. The Kier molecular flexibility index (Phi) is 6.54. The van der Waals surface area contributed by atoms with Gasteiger partial charge in [-0.15, -0.1) is 11.3 Å². The van der Waals surface area contributed by atoms with E-state index in [4.69, 9.17) is 4.74 Å². The molecule has 0 radical (unpaired) electrons. The van der Waals surface area contributed by atoms with Gasteiger partial charge in [0, 0.05) is 18.8 Å². The first-order valence-corrected chi connectivity index (χ1v) is 10.5. The maximum Gasteiger partial charge on any atom is 0.355 e. The Morgan fingerprint density at radius 1 is 1.07 bits per heavy atom. The van der Waals surface area contributed by atoms with Gasteiger partial charge in [0.1, 0.15) is 5.69 Å². The van der Waals surface area contributed by atoms with Crippen LogP contribution in [0.4, 0.5) is 0 Å². The van der Waals surface area contributed by atoms with Gasteiger partial charge < -0.3 is 14.6 Å². The molecule has 0 aliphatic heterocycles. The maximum atomic E-state index is 13.2. The lowest BCUT2D eigenvalue weighted by Crippen LogP contribution is -2.30. The molecule has 0 spiro atoms. The minimum Gasteiger partial charge on any atom is -0.461 e. The molecule has 0 unspecified atom stereocenters. The van der Waals surface area contributed by atoms with Crippen LogP contribution >= 0.6 is 11.3 Å². The molecule has 5 nitrogen and oxygen atoms in total. The van der Waals surface area contributed by atoms with Crippen LogP contribution in [0.25, 0.3) is 0 Å². The molecule has 0 saturated heterocycles. The van der Waals surface area contributed by atoms with Crippen LogP contribution in [-0.2, 0) is 17.8 Å². The van der Waals surface area contributed by atoms with Gasteiger partial charge in [-0.3, -0.25) is 4.79 Å². The van der Waals surface area contributed by atoms with Crippen LogP contribution in [0.2, 0.25) is 0 Å². The van der Waals surface area contributed by atoms with Gasteiger partial charge >= 0.3 is 5.97 Å². The van der Waals surface area contributed by atoms with E-state index < -0.39 is 0 Å². The number of carbonyl (C=O) groups is 2. The molecule has 3 rings (SSSR count). The van der Waals surface area contributed by atoms with E-state index >= 15 is 0 Å². The van der Waals surface area contributed by atoms with Gasteiger partial charge in [0.2, 0.25) is 0 Å². The maximum absolute atomic E-state index is 13.2. The highest BCUT2D eigenvalue weighted by Gasteiger charge is 2.23. The lowest BCUT2D eigenvalue weighted by atomic mass is 10.1. The van der Waals surface area contributed by atoms with E-state index in [9.17, 15) is 9.59 Å². The highest BCUT2D eigenvalue weighted by molar-refractivity contribution is 7.12. The normalized spacial score (nSPS) is 10.8. The van der Waals surface area contributed by atoms with Crippen molar-refractivity contribution < 1.29 is 14.3 Å². The SMILES string of the molecule is CCOC(=O)c1[nH]c(C)c(CN(Cc2ccc(C)cc2)C(=O)c2cccs2)c1C. The molecule has 0 saturated carbocycles. The fraction of sp³-hybridized carbons (Fsp3) is 0.304. The number of nitrogens with zero attached hydrogens (tertiary/aromatic N) is 1. The average molecular weight is 411 g/mol. The lowest BCUT2D eigenvalue weighted by molar-refractivity contribution is 0.0519. The predicted octanol–water partition coefficient (Wildman–Crippen LogP) is 5.02. The number of amides is 1. The number of hydrogen-bond donors (Lipinski definition) is 1.